The Kier molecular flexibility index (Phi) is 3.20. The highest BCUT2D eigenvalue weighted by Gasteiger charge is 2.74. The number of rotatable bonds is 1. The fourth-order valence-electron chi connectivity index (χ4n) is 8.03. The molecule has 4 saturated carbocycles. The molecule has 25 heavy (non-hydrogen) atoms. The second-order valence-electron chi connectivity index (χ2n) is 9.98. The van der Waals surface area contributed by atoms with Gasteiger partial charge in [0.15, 0.2) is 0 Å². The van der Waals surface area contributed by atoms with Crippen molar-refractivity contribution in [2.75, 3.05) is 6.61 Å². The minimum Gasteiger partial charge on any atom is -0.392 e. The summed E-state index contributed by atoms with van der Waals surface area (Å²) >= 11 is 0. The zero-order valence-corrected chi connectivity index (χ0v) is 15.4. The number of nitriles is 1. The summed E-state index contributed by atoms with van der Waals surface area (Å²) in [5.41, 5.74) is 2.45. The first kappa shape index (κ1) is 16.1. The van der Waals surface area contributed by atoms with Crippen molar-refractivity contribution in [3.05, 3.63) is 11.1 Å². The summed E-state index contributed by atoms with van der Waals surface area (Å²) in [6, 6.07) is 2.75. The molecule has 5 aliphatic rings. The van der Waals surface area contributed by atoms with Gasteiger partial charge in [-0.25, -0.2) is 0 Å². The van der Waals surface area contributed by atoms with Gasteiger partial charge in [-0.05, 0) is 85.5 Å². The molecule has 3 heteroatoms. The van der Waals surface area contributed by atoms with Crippen LogP contribution in [0.1, 0.15) is 58.8 Å². The van der Waals surface area contributed by atoms with Crippen LogP contribution in [0.2, 0.25) is 0 Å². The van der Waals surface area contributed by atoms with Crippen LogP contribution >= 0.6 is 0 Å². The molecule has 8 atom stereocenters. The predicted octanol–water partition coefficient (Wildman–Crippen LogP) is 3.88. The van der Waals surface area contributed by atoms with Gasteiger partial charge in [0, 0.05) is 12.8 Å². The molecule has 1 N–H and O–H groups in total. The molecule has 134 valence electrons. The first-order valence-corrected chi connectivity index (χ1v) is 10.2. The average Bonchev–Trinajstić information content (AvgIpc) is 3.36. The van der Waals surface area contributed by atoms with E-state index in [0.29, 0.717) is 41.8 Å². The molecule has 5 rings (SSSR count). The number of aliphatic hydroxyl groups is 1. The first-order chi connectivity index (χ1) is 11.9. The zero-order chi connectivity index (χ0) is 17.6. The zero-order valence-electron chi connectivity index (χ0n) is 15.4. The van der Waals surface area contributed by atoms with Crippen LogP contribution in [-0.4, -0.2) is 17.5 Å². The molecule has 5 aliphatic carbocycles. The highest BCUT2D eigenvalue weighted by Crippen LogP contribution is 2.78. The van der Waals surface area contributed by atoms with Crippen molar-refractivity contribution >= 4 is 5.78 Å². The van der Waals surface area contributed by atoms with E-state index in [1.807, 2.05) is 0 Å². The van der Waals surface area contributed by atoms with Gasteiger partial charge in [-0.15, -0.1) is 0 Å². The lowest BCUT2D eigenvalue weighted by Crippen LogP contribution is -2.51. The van der Waals surface area contributed by atoms with Gasteiger partial charge in [0.25, 0.3) is 0 Å². The van der Waals surface area contributed by atoms with Crippen LogP contribution in [0.5, 0.6) is 0 Å². The summed E-state index contributed by atoms with van der Waals surface area (Å²) in [4.78, 5) is 12.0. The van der Waals surface area contributed by atoms with E-state index < -0.39 is 0 Å². The Hall–Kier alpha value is -1.14. The Morgan fingerprint density at radius 2 is 2.04 bits per heavy atom. The van der Waals surface area contributed by atoms with E-state index in [9.17, 15) is 15.2 Å². The molecule has 0 aliphatic heterocycles. The second-order valence-corrected chi connectivity index (χ2v) is 9.98. The van der Waals surface area contributed by atoms with Gasteiger partial charge in [0.1, 0.15) is 5.78 Å². The normalized spacial score (nSPS) is 53.4. The SMILES string of the molecule is C[C@]1(C#N)[C@H]2C[C@H]2[C@H]2[C@@H]3CC(CO)=C4CC(=O)CC[C@@H]4[C@H]3CC[C@@]21C. The van der Waals surface area contributed by atoms with E-state index in [0.717, 1.165) is 25.2 Å². The molecule has 0 aromatic rings. The number of carbonyl (C=O) groups is 1. The van der Waals surface area contributed by atoms with Crippen molar-refractivity contribution in [1.82, 2.24) is 0 Å². The van der Waals surface area contributed by atoms with Gasteiger partial charge in [-0.2, -0.15) is 5.26 Å². The molecule has 4 fully saturated rings. The van der Waals surface area contributed by atoms with Crippen LogP contribution in [0.15, 0.2) is 11.1 Å². The summed E-state index contributed by atoms with van der Waals surface area (Å²) in [5, 5.41) is 20.0. The van der Waals surface area contributed by atoms with E-state index in [1.165, 1.54) is 30.4 Å². The van der Waals surface area contributed by atoms with Gasteiger partial charge < -0.3 is 5.11 Å². The summed E-state index contributed by atoms with van der Waals surface area (Å²) in [6.07, 6.45) is 6.89. The Bertz CT molecular complexity index is 718. The number of nitrogens with zero attached hydrogens (tertiary/aromatic N) is 1. The lowest BCUT2D eigenvalue weighted by Gasteiger charge is -2.56. The van der Waals surface area contributed by atoms with Crippen molar-refractivity contribution in [3.8, 4) is 6.07 Å². The van der Waals surface area contributed by atoms with Crippen LogP contribution in [0.3, 0.4) is 0 Å². The van der Waals surface area contributed by atoms with Crippen molar-refractivity contribution < 1.29 is 9.90 Å². The molecule has 0 spiro atoms. The van der Waals surface area contributed by atoms with Gasteiger partial charge in [-0.1, -0.05) is 12.5 Å². The van der Waals surface area contributed by atoms with Crippen molar-refractivity contribution in [2.45, 2.75) is 58.8 Å². The van der Waals surface area contributed by atoms with Crippen molar-refractivity contribution in [3.63, 3.8) is 0 Å². The van der Waals surface area contributed by atoms with E-state index >= 15 is 0 Å². The smallest absolute Gasteiger partial charge is 0.136 e. The summed E-state index contributed by atoms with van der Waals surface area (Å²) < 4.78 is 0. The Balaban J connectivity index is 1.56. The molecular weight excluding hydrogens is 310 g/mol. The fraction of sp³-hybridized carbons (Fsp3) is 0.818. The van der Waals surface area contributed by atoms with Crippen LogP contribution in [0, 0.1) is 57.7 Å². The molecule has 3 nitrogen and oxygen atoms in total. The van der Waals surface area contributed by atoms with E-state index in [1.54, 1.807) is 0 Å². The number of Topliss-reactive ketones (excluding diaryl/α,β-unsaturated/α-hetero) is 1. The molecular formula is C22H29NO2. The number of allylic oxidation sites excluding steroid dienone is 1. The number of carbonyl (C=O) groups excluding carboxylic acids is 1. The summed E-state index contributed by atoms with van der Waals surface area (Å²) in [5.74, 6) is 4.15. The Labute approximate surface area is 150 Å². The summed E-state index contributed by atoms with van der Waals surface area (Å²) in [6.45, 7) is 4.75. The lowest BCUT2D eigenvalue weighted by atomic mass is 9.47. The number of hydrogen-bond donors (Lipinski definition) is 1. The molecule has 0 bridgehead atoms. The number of aliphatic hydroxyl groups excluding tert-OH is 1. The number of fused-ring (bicyclic) bond motifs is 7. The average molecular weight is 339 g/mol. The molecule has 0 aromatic heterocycles. The topological polar surface area (TPSA) is 61.1 Å². The second kappa shape index (κ2) is 4.97. The third-order valence-electron chi connectivity index (χ3n) is 9.42. The van der Waals surface area contributed by atoms with Gasteiger partial charge in [0.05, 0.1) is 18.1 Å². The maximum absolute atomic E-state index is 12.0. The Morgan fingerprint density at radius 3 is 2.76 bits per heavy atom. The minimum atomic E-state index is -0.167. The molecule has 0 unspecified atom stereocenters. The van der Waals surface area contributed by atoms with E-state index in [-0.39, 0.29) is 17.4 Å². The Morgan fingerprint density at radius 1 is 1.24 bits per heavy atom. The maximum Gasteiger partial charge on any atom is 0.136 e. The molecule has 0 amide bonds. The third kappa shape index (κ3) is 1.82. The number of ketones is 1. The lowest BCUT2D eigenvalue weighted by molar-refractivity contribution is -0.120. The molecule has 0 saturated heterocycles. The first-order valence-electron chi connectivity index (χ1n) is 10.2. The largest absolute Gasteiger partial charge is 0.392 e. The summed E-state index contributed by atoms with van der Waals surface area (Å²) in [7, 11) is 0. The van der Waals surface area contributed by atoms with Gasteiger partial charge in [0.2, 0.25) is 0 Å². The quantitative estimate of drug-likeness (QED) is 0.738. The van der Waals surface area contributed by atoms with Crippen LogP contribution < -0.4 is 0 Å². The fourth-order valence-corrected chi connectivity index (χ4v) is 8.03. The molecule has 0 heterocycles. The van der Waals surface area contributed by atoms with Crippen molar-refractivity contribution in [1.29, 1.82) is 5.26 Å². The standard InChI is InChI=1S/C22H29NO2/c1-21-6-5-15-14-4-3-13(25)8-16(14)12(10-24)7-17(15)20(21)18-9-19(18)22(21,2)11-23/h14-15,17-20,24H,3-10H2,1-2H3/t14-,15-,17-,18-,19+,20-,21+,22+/m1/s1. The third-order valence-corrected chi connectivity index (χ3v) is 9.42. The van der Waals surface area contributed by atoms with Gasteiger partial charge >= 0.3 is 0 Å². The van der Waals surface area contributed by atoms with Crippen LogP contribution in [0.25, 0.3) is 0 Å². The predicted molar refractivity (Wildman–Crippen MR) is 94.2 cm³/mol. The highest BCUT2D eigenvalue weighted by molar-refractivity contribution is 5.82. The van der Waals surface area contributed by atoms with Crippen molar-refractivity contribution in [2.24, 2.45) is 46.3 Å². The monoisotopic (exact) mass is 339 g/mol. The molecule has 0 aromatic carbocycles. The van der Waals surface area contributed by atoms with E-state index in [4.69, 9.17) is 0 Å². The highest BCUT2D eigenvalue weighted by atomic mass is 16.3. The van der Waals surface area contributed by atoms with E-state index in [2.05, 4.69) is 19.9 Å². The van der Waals surface area contributed by atoms with Crippen LogP contribution in [0.4, 0.5) is 0 Å². The van der Waals surface area contributed by atoms with Gasteiger partial charge in [-0.3, -0.25) is 4.79 Å². The number of hydrogen-bond acceptors (Lipinski definition) is 3. The molecule has 0 radical (unpaired) electrons. The minimum absolute atomic E-state index is 0.120. The van der Waals surface area contributed by atoms with Crippen LogP contribution in [-0.2, 0) is 4.79 Å². The maximum atomic E-state index is 12.0.